The second-order valence-electron chi connectivity index (χ2n) is 5.26. The van der Waals surface area contributed by atoms with E-state index in [1.165, 1.54) is 16.4 Å². The van der Waals surface area contributed by atoms with Gasteiger partial charge in [-0.15, -0.1) is 5.10 Å². The SMILES string of the molecule is C[C@@H](Sc1nnnn1-c1cccc(Cl)c1)C(=O)Nc1ccccc1C#N. The Kier molecular flexibility index (Phi) is 5.51. The quantitative estimate of drug-likeness (QED) is 0.678. The summed E-state index contributed by atoms with van der Waals surface area (Å²) in [5.74, 6) is -0.252. The number of para-hydroxylation sites is 1. The molecular weight excluding hydrogens is 372 g/mol. The van der Waals surface area contributed by atoms with Crippen molar-refractivity contribution in [3.63, 3.8) is 0 Å². The number of amides is 1. The highest BCUT2D eigenvalue weighted by Crippen LogP contribution is 2.25. The van der Waals surface area contributed by atoms with E-state index in [0.717, 1.165) is 0 Å². The fourth-order valence-corrected chi connectivity index (χ4v) is 3.15. The van der Waals surface area contributed by atoms with Crippen molar-refractivity contribution in [3.05, 3.63) is 59.1 Å². The van der Waals surface area contributed by atoms with Gasteiger partial charge in [0.05, 0.1) is 22.2 Å². The van der Waals surface area contributed by atoms with Gasteiger partial charge in [-0.25, -0.2) is 0 Å². The lowest BCUT2D eigenvalue weighted by Gasteiger charge is -2.12. The van der Waals surface area contributed by atoms with Gasteiger partial charge >= 0.3 is 0 Å². The van der Waals surface area contributed by atoms with Crippen LogP contribution in [0.15, 0.2) is 53.7 Å². The van der Waals surface area contributed by atoms with Crippen LogP contribution in [0.4, 0.5) is 5.69 Å². The summed E-state index contributed by atoms with van der Waals surface area (Å²) in [5.41, 5.74) is 1.58. The molecule has 26 heavy (non-hydrogen) atoms. The molecule has 7 nitrogen and oxygen atoms in total. The van der Waals surface area contributed by atoms with Crippen molar-refractivity contribution >= 4 is 35.0 Å². The molecule has 1 atom stereocenters. The third-order valence-corrected chi connectivity index (χ3v) is 4.72. The van der Waals surface area contributed by atoms with Crippen LogP contribution in [-0.2, 0) is 4.79 Å². The minimum absolute atomic E-state index is 0.252. The summed E-state index contributed by atoms with van der Waals surface area (Å²) < 4.78 is 1.52. The number of anilines is 1. The molecule has 0 saturated heterocycles. The summed E-state index contributed by atoms with van der Waals surface area (Å²) in [5, 5.41) is 24.0. The average Bonchev–Trinajstić information content (AvgIpc) is 3.10. The first-order valence-corrected chi connectivity index (χ1v) is 8.85. The van der Waals surface area contributed by atoms with Gasteiger partial charge < -0.3 is 5.32 Å². The monoisotopic (exact) mass is 384 g/mol. The number of benzene rings is 2. The zero-order valence-corrected chi connectivity index (χ0v) is 15.2. The van der Waals surface area contributed by atoms with Crippen molar-refractivity contribution < 1.29 is 4.79 Å². The number of nitrogens with zero attached hydrogens (tertiary/aromatic N) is 5. The van der Waals surface area contributed by atoms with Crippen LogP contribution in [0.5, 0.6) is 0 Å². The standard InChI is InChI=1S/C17H13ClN6OS/c1-11(16(25)20-15-8-3-2-5-12(15)10-19)26-17-21-22-23-24(17)14-7-4-6-13(18)9-14/h2-9,11H,1H3,(H,20,25)/t11-/m1/s1. The van der Waals surface area contributed by atoms with Gasteiger partial charge in [0, 0.05) is 5.02 Å². The fraction of sp³-hybridized carbons (Fsp3) is 0.118. The molecule has 0 aliphatic carbocycles. The van der Waals surface area contributed by atoms with Gasteiger partial charge in [-0.1, -0.05) is 41.6 Å². The number of rotatable bonds is 5. The third-order valence-electron chi connectivity index (χ3n) is 3.45. The number of nitrogens with one attached hydrogen (secondary N) is 1. The van der Waals surface area contributed by atoms with Crippen molar-refractivity contribution in [1.82, 2.24) is 20.2 Å². The van der Waals surface area contributed by atoms with Crippen molar-refractivity contribution in [2.45, 2.75) is 17.3 Å². The van der Waals surface area contributed by atoms with Crippen LogP contribution < -0.4 is 5.32 Å². The van der Waals surface area contributed by atoms with Crippen LogP contribution in [0, 0.1) is 11.3 Å². The fourth-order valence-electron chi connectivity index (χ4n) is 2.16. The van der Waals surface area contributed by atoms with E-state index < -0.39 is 5.25 Å². The van der Waals surface area contributed by atoms with Crippen molar-refractivity contribution in [2.75, 3.05) is 5.32 Å². The Bertz CT molecular complexity index is 983. The highest BCUT2D eigenvalue weighted by atomic mass is 35.5. The van der Waals surface area contributed by atoms with Crippen molar-refractivity contribution in [1.29, 1.82) is 5.26 Å². The van der Waals surface area contributed by atoms with Gasteiger partial charge in [0.25, 0.3) is 0 Å². The second kappa shape index (κ2) is 7.99. The highest BCUT2D eigenvalue weighted by molar-refractivity contribution is 8.00. The van der Waals surface area contributed by atoms with Crippen LogP contribution >= 0.6 is 23.4 Å². The van der Waals surface area contributed by atoms with E-state index in [0.29, 0.717) is 27.1 Å². The average molecular weight is 385 g/mol. The topological polar surface area (TPSA) is 96.5 Å². The molecule has 0 unspecified atom stereocenters. The van der Waals surface area contributed by atoms with Gasteiger partial charge in [0.2, 0.25) is 11.1 Å². The summed E-state index contributed by atoms with van der Waals surface area (Å²) in [6.07, 6.45) is 0. The van der Waals surface area contributed by atoms with Crippen molar-refractivity contribution in [2.24, 2.45) is 0 Å². The van der Waals surface area contributed by atoms with E-state index in [9.17, 15) is 4.79 Å². The van der Waals surface area contributed by atoms with E-state index in [4.69, 9.17) is 16.9 Å². The van der Waals surface area contributed by atoms with Gasteiger partial charge in [0.1, 0.15) is 6.07 Å². The number of carbonyl (C=O) groups is 1. The molecule has 9 heteroatoms. The minimum atomic E-state index is -0.481. The van der Waals surface area contributed by atoms with Crippen molar-refractivity contribution in [3.8, 4) is 11.8 Å². The summed E-state index contributed by atoms with van der Waals surface area (Å²) in [4.78, 5) is 12.5. The number of nitriles is 1. The van der Waals surface area contributed by atoms with Crippen LogP contribution in [0.3, 0.4) is 0 Å². The molecule has 1 heterocycles. The zero-order valence-electron chi connectivity index (χ0n) is 13.6. The van der Waals surface area contributed by atoms with Crippen LogP contribution in [0.25, 0.3) is 5.69 Å². The molecule has 130 valence electrons. The molecule has 2 aromatic carbocycles. The first-order chi connectivity index (χ1) is 12.6. The maximum absolute atomic E-state index is 12.5. The Morgan fingerprint density at radius 2 is 2.12 bits per heavy atom. The first kappa shape index (κ1) is 17.9. The predicted molar refractivity (Wildman–Crippen MR) is 99.3 cm³/mol. The molecule has 0 aliphatic heterocycles. The molecule has 1 aromatic heterocycles. The summed E-state index contributed by atoms with van der Waals surface area (Å²) >= 11 is 7.22. The zero-order chi connectivity index (χ0) is 18.5. The predicted octanol–water partition coefficient (Wildman–Crippen LogP) is 3.31. The Hall–Kier alpha value is -2.89. The molecule has 0 spiro atoms. The number of hydrogen-bond donors (Lipinski definition) is 1. The maximum atomic E-state index is 12.5. The maximum Gasteiger partial charge on any atom is 0.237 e. The lowest BCUT2D eigenvalue weighted by atomic mass is 10.2. The molecule has 0 radical (unpaired) electrons. The van der Waals surface area contributed by atoms with Gasteiger partial charge in [-0.3, -0.25) is 4.79 Å². The number of thioether (sulfide) groups is 1. The third kappa shape index (κ3) is 4.02. The number of carbonyl (C=O) groups excluding carboxylic acids is 1. The van der Waals surface area contributed by atoms with Crippen LogP contribution in [-0.4, -0.2) is 31.4 Å². The number of aromatic nitrogens is 4. The Morgan fingerprint density at radius 3 is 2.88 bits per heavy atom. The normalized spacial score (nSPS) is 11.6. The largest absolute Gasteiger partial charge is 0.324 e. The van der Waals surface area contributed by atoms with Gasteiger partial charge in [-0.05, 0) is 47.7 Å². The molecule has 1 N–H and O–H groups in total. The molecule has 3 rings (SSSR count). The number of halogens is 1. The van der Waals surface area contributed by atoms with E-state index in [2.05, 4.69) is 26.9 Å². The minimum Gasteiger partial charge on any atom is -0.324 e. The van der Waals surface area contributed by atoms with Gasteiger partial charge in [-0.2, -0.15) is 9.94 Å². The van der Waals surface area contributed by atoms with E-state index in [-0.39, 0.29) is 5.91 Å². The first-order valence-electron chi connectivity index (χ1n) is 7.59. The smallest absolute Gasteiger partial charge is 0.237 e. The molecule has 0 bridgehead atoms. The van der Waals surface area contributed by atoms with Crippen LogP contribution in [0.1, 0.15) is 12.5 Å². The lowest BCUT2D eigenvalue weighted by Crippen LogP contribution is -2.23. The summed E-state index contributed by atoms with van der Waals surface area (Å²) in [6.45, 7) is 1.74. The van der Waals surface area contributed by atoms with E-state index >= 15 is 0 Å². The van der Waals surface area contributed by atoms with E-state index in [1.54, 1.807) is 49.4 Å². The summed E-state index contributed by atoms with van der Waals surface area (Å²) in [7, 11) is 0. The Morgan fingerprint density at radius 1 is 1.31 bits per heavy atom. The molecule has 0 aliphatic rings. The number of tetrazole rings is 1. The molecule has 0 saturated carbocycles. The lowest BCUT2D eigenvalue weighted by molar-refractivity contribution is -0.115. The Balaban J connectivity index is 1.75. The second-order valence-corrected chi connectivity index (χ2v) is 7.00. The Labute approximate surface area is 159 Å². The highest BCUT2D eigenvalue weighted by Gasteiger charge is 2.20. The molecule has 1 amide bonds. The van der Waals surface area contributed by atoms with Gasteiger partial charge in [0.15, 0.2) is 0 Å². The number of hydrogen-bond acceptors (Lipinski definition) is 6. The molecule has 0 fully saturated rings. The summed E-state index contributed by atoms with van der Waals surface area (Å²) in [6, 6.07) is 16.0. The van der Waals surface area contributed by atoms with E-state index in [1.807, 2.05) is 6.07 Å². The molecular formula is C17H13ClN6OS. The van der Waals surface area contributed by atoms with Crippen LogP contribution in [0.2, 0.25) is 5.02 Å². The molecule has 3 aromatic rings.